The Kier molecular flexibility index (Phi) is 3.94. The van der Waals surface area contributed by atoms with Crippen LogP contribution >= 0.6 is 0 Å². The SMILES string of the molecule is CCn1cc(CN2CCOCC2)c2c(C(=O)O)cccc21. The summed E-state index contributed by atoms with van der Waals surface area (Å²) in [5.74, 6) is -0.863. The molecular formula is C16H20N2O3. The van der Waals surface area contributed by atoms with E-state index < -0.39 is 5.97 Å². The summed E-state index contributed by atoms with van der Waals surface area (Å²) in [5.41, 5.74) is 2.48. The summed E-state index contributed by atoms with van der Waals surface area (Å²) in [6, 6.07) is 5.50. The van der Waals surface area contributed by atoms with Gasteiger partial charge in [0.15, 0.2) is 0 Å². The fourth-order valence-electron chi connectivity index (χ4n) is 3.00. The highest BCUT2D eigenvalue weighted by atomic mass is 16.5. The molecule has 1 saturated heterocycles. The molecule has 2 aromatic rings. The van der Waals surface area contributed by atoms with Gasteiger partial charge in [-0.1, -0.05) is 6.07 Å². The first-order valence-corrected chi connectivity index (χ1v) is 7.35. The first-order chi connectivity index (χ1) is 10.2. The molecule has 0 bridgehead atoms. The Morgan fingerprint density at radius 1 is 1.33 bits per heavy atom. The van der Waals surface area contributed by atoms with Crippen LogP contribution in [0.1, 0.15) is 22.8 Å². The fourth-order valence-corrected chi connectivity index (χ4v) is 3.00. The van der Waals surface area contributed by atoms with Gasteiger partial charge in [0.05, 0.1) is 18.8 Å². The van der Waals surface area contributed by atoms with Gasteiger partial charge in [-0.25, -0.2) is 4.79 Å². The molecule has 0 amide bonds. The Labute approximate surface area is 123 Å². The lowest BCUT2D eigenvalue weighted by Gasteiger charge is -2.26. The lowest BCUT2D eigenvalue weighted by molar-refractivity contribution is 0.0343. The number of rotatable bonds is 4. The molecule has 1 aliphatic rings. The number of benzene rings is 1. The molecule has 1 fully saturated rings. The summed E-state index contributed by atoms with van der Waals surface area (Å²) in [5, 5.41) is 10.3. The minimum atomic E-state index is -0.863. The molecule has 1 N–H and O–H groups in total. The summed E-state index contributed by atoms with van der Waals surface area (Å²) in [7, 11) is 0. The largest absolute Gasteiger partial charge is 0.478 e. The monoisotopic (exact) mass is 288 g/mol. The number of aromatic nitrogens is 1. The van der Waals surface area contributed by atoms with Crippen molar-refractivity contribution in [1.29, 1.82) is 0 Å². The predicted molar refractivity (Wildman–Crippen MR) is 80.7 cm³/mol. The molecule has 5 heteroatoms. The van der Waals surface area contributed by atoms with E-state index >= 15 is 0 Å². The number of fused-ring (bicyclic) bond motifs is 1. The number of morpholine rings is 1. The van der Waals surface area contributed by atoms with Crippen molar-refractivity contribution >= 4 is 16.9 Å². The molecule has 0 unspecified atom stereocenters. The van der Waals surface area contributed by atoms with Crippen LogP contribution in [-0.4, -0.2) is 46.8 Å². The molecule has 21 heavy (non-hydrogen) atoms. The van der Waals surface area contributed by atoms with Gasteiger partial charge in [-0.3, -0.25) is 4.90 Å². The van der Waals surface area contributed by atoms with Crippen LogP contribution in [-0.2, 0) is 17.8 Å². The van der Waals surface area contributed by atoms with Crippen LogP contribution in [0.2, 0.25) is 0 Å². The lowest BCUT2D eigenvalue weighted by atomic mass is 10.1. The summed E-state index contributed by atoms with van der Waals surface area (Å²) in [6.07, 6.45) is 2.09. The van der Waals surface area contributed by atoms with Gasteiger partial charge in [-0.2, -0.15) is 0 Å². The van der Waals surface area contributed by atoms with Gasteiger partial charge in [0.1, 0.15) is 0 Å². The summed E-state index contributed by atoms with van der Waals surface area (Å²) < 4.78 is 7.49. The van der Waals surface area contributed by atoms with Crippen molar-refractivity contribution in [3.63, 3.8) is 0 Å². The van der Waals surface area contributed by atoms with E-state index in [-0.39, 0.29) is 0 Å². The Morgan fingerprint density at radius 2 is 2.10 bits per heavy atom. The lowest BCUT2D eigenvalue weighted by Crippen LogP contribution is -2.35. The van der Waals surface area contributed by atoms with Crippen LogP contribution in [0.5, 0.6) is 0 Å². The minimum Gasteiger partial charge on any atom is -0.478 e. The van der Waals surface area contributed by atoms with Crippen molar-refractivity contribution in [2.24, 2.45) is 0 Å². The number of carboxylic acids is 1. The number of ether oxygens (including phenoxy) is 1. The van der Waals surface area contributed by atoms with Gasteiger partial charge in [0, 0.05) is 43.3 Å². The molecule has 1 aromatic carbocycles. The number of hydrogen-bond acceptors (Lipinski definition) is 3. The van der Waals surface area contributed by atoms with Crippen molar-refractivity contribution in [1.82, 2.24) is 9.47 Å². The number of nitrogens with zero attached hydrogens (tertiary/aromatic N) is 2. The van der Waals surface area contributed by atoms with Crippen LogP contribution in [0.25, 0.3) is 10.9 Å². The molecule has 3 rings (SSSR count). The summed E-state index contributed by atoms with van der Waals surface area (Å²) in [6.45, 7) is 6.98. The number of carbonyl (C=O) groups is 1. The van der Waals surface area contributed by atoms with Gasteiger partial charge in [-0.15, -0.1) is 0 Å². The highest BCUT2D eigenvalue weighted by Gasteiger charge is 2.18. The molecular weight excluding hydrogens is 268 g/mol. The molecule has 2 heterocycles. The van der Waals surface area contributed by atoms with Crippen molar-refractivity contribution in [2.45, 2.75) is 20.0 Å². The zero-order chi connectivity index (χ0) is 14.8. The minimum absolute atomic E-state index is 0.392. The first-order valence-electron chi connectivity index (χ1n) is 7.35. The van der Waals surface area contributed by atoms with E-state index in [0.29, 0.717) is 5.56 Å². The van der Waals surface area contributed by atoms with Crippen molar-refractivity contribution < 1.29 is 14.6 Å². The van der Waals surface area contributed by atoms with Crippen LogP contribution in [0.15, 0.2) is 24.4 Å². The molecule has 0 aliphatic carbocycles. The highest BCUT2D eigenvalue weighted by molar-refractivity contribution is 6.04. The quantitative estimate of drug-likeness (QED) is 0.937. The van der Waals surface area contributed by atoms with Gasteiger partial charge in [0.25, 0.3) is 0 Å². The van der Waals surface area contributed by atoms with E-state index in [0.717, 1.165) is 55.9 Å². The van der Waals surface area contributed by atoms with E-state index in [1.54, 1.807) is 6.07 Å². The van der Waals surface area contributed by atoms with Gasteiger partial charge in [-0.05, 0) is 24.6 Å². The van der Waals surface area contributed by atoms with Gasteiger partial charge < -0.3 is 14.4 Å². The average Bonchev–Trinajstić information content (AvgIpc) is 2.86. The fraction of sp³-hybridized carbons (Fsp3) is 0.438. The third-order valence-corrected chi connectivity index (χ3v) is 4.05. The maximum absolute atomic E-state index is 11.5. The number of hydrogen-bond donors (Lipinski definition) is 1. The van der Waals surface area contributed by atoms with Crippen molar-refractivity contribution in [2.75, 3.05) is 26.3 Å². The normalized spacial score (nSPS) is 16.4. The van der Waals surface area contributed by atoms with Gasteiger partial charge >= 0.3 is 5.97 Å². The van der Waals surface area contributed by atoms with E-state index in [9.17, 15) is 9.90 Å². The van der Waals surface area contributed by atoms with Crippen LogP contribution in [0, 0.1) is 0 Å². The summed E-state index contributed by atoms with van der Waals surface area (Å²) >= 11 is 0. The average molecular weight is 288 g/mol. The highest BCUT2D eigenvalue weighted by Crippen LogP contribution is 2.27. The molecule has 0 saturated carbocycles. The maximum Gasteiger partial charge on any atom is 0.336 e. The predicted octanol–water partition coefficient (Wildman–Crippen LogP) is 2.19. The van der Waals surface area contributed by atoms with Crippen molar-refractivity contribution in [3.05, 3.63) is 35.5 Å². The smallest absolute Gasteiger partial charge is 0.336 e. The molecule has 0 spiro atoms. The molecule has 112 valence electrons. The Morgan fingerprint density at radius 3 is 2.76 bits per heavy atom. The second-order valence-electron chi connectivity index (χ2n) is 5.33. The van der Waals surface area contributed by atoms with E-state index in [4.69, 9.17) is 4.74 Å². The second-order valence-corrected chi connectivity index (χ2v) is 5.33. The molecule has 1 aliphatic heterocycles. The standard InChI is InChI=1S/C16H20N2O3/c1-2-18-11-12(10-17-6-8-21-9-7-17)15-13(16(19)20)4-3-5-14(15)18/h3-5,11H,2,6-10H2,1H3,(H,19,20). The number of carboxylic acid groups (broad SMARTS) is 1. The Hall–Kier alpha value is -1.85. The topological polar surface area (TPSA) is 54.7 Å². The van der Waals surface area contributed by atoms with E-state index in [2.05, 4.69) is 22.6 Å². The third kappa shape index (κ3) is 2.66. The molecule has 0 atom stereocenters. The van der Waals surface area contributed by atoms with E-state index in [1.807, 2.05) is 12.1 Å². The Balaban J connectivity index is 2.05. The van der Waals surface area contributed by atoms with E-state index in [1.165, 1.54) is 0 Å². The van der Waals surface area contributed by atoms with Crippen LogP contribution in [0.3, 0.4) is 0 Å². The zero-order valence-corrected chi connectivity index (χ0v) is 12.2. The number of aryl methyl sites for hydroxylation is 1. The first kappa shape index (κ1) is 14.1. The van der Waals surface area contributed by atoms with Crippen molar-refractivity contribution in [3.8, 4) is 0 Å². The molecule has 0 radical (unpaired) electrons. The van der Waals surface area contributed by atoms with Crippen LogP contribution in [0.4, 0.5) is 0 Å². The summed E-state index contributed by atoms with van der Waals surface area (Å²) in [4.78, 5) is 13.8. The van der Waals surface area contributed by atoms with Gasteiger partial charge in [0.2, 0.25) is 0 Å². The maximum atomic E-state index is 11.5. The Bertz CT molecular complexity index is 657. The molecule has 1 aromatic heterocycles. The van der Waals surface area contributed by atoms with Crippen LogP contribution < -0.4 is 0 Å². The third-order valence-electron chi connectivity index (χ3n) is 4.05. The second kappa shape index (κ2) is 5.87. The number of aromatic carboxylic acids is 1. The zero-order valence-electron chi connectivity index (χ0n) is 12.2. The molecule has 5 nitrogen and oxygen atoms in total.